The van der Waals surface area contributed by atoms with Gasteiger partial charge in [-0.05, 0) is 18.2 Å². The molecular formula is C10H7ClOS2. The Morgan fingerprint density at radius 3 is 2.86 bits per heavy atom. The summed E-state index contributed by atoms with van der Waals surface area (Å²) in [6, 6.07) is 5.68. The maximum absolute atomic E-state index is 10.8. The fourth-order valence-corrected chi connectivity index (χ4v) is 2.95. The van der Waals surface area contributed by atoms with Crippen LogP contribution in [0, 0.1) is 0 Å². The second-order valence-corrected chi connectivity index (χ2v) is 4.86. The molecule has 0 aliphatic carbocycles. The molecule has 0 aliphatic heterocycles. The monoisotopic (exact) mass is 242 g/mol. The summed E-state index contributed by atoms with van der Waals surface area (Å²) in [6.07, 6.45) is 0.854. The van der Waals surface area contributed by atoms with Crippen LogP contribution in [0.2, 0.25) is 0 Å². The summed E-state index contributed by atoms with van der Waals surface area (Å²) < 4.78 is 1.07. The van der Waals surface area contributed by atoms with Gasteiger partial charge in [0.1, 0.15) is 0 Å². The number of carbonyl (C=O) groups is 1. The number of rotatable bonds is 2. The highest BCUT2D eigenvalue weighted by Crippen LogP contribution is 2.30. The first-order valence-electron chi connectivity index (χ1n) is 4.01. The SMILES string of the molecule is O=Cc1cc(S)cc2sc(CCl)cc12. The molecule has 1 heterocycles. The molecule has 0 unspecified atom stereocenters. The molecule has 0 amide bonds. The molecule has 1 aromatic heterocycles. The minimum absolute atomic E-state index is 0.486. The number of alkyl halides is 1. The lowest BCUT2D eigenvalue weighted by molar-refractivity contribution is 0.112. The molecule has 0 bridgehead atoms. The molecule has 0 N–H and O–H groups in total. The van der Waals surface area contributed by atoms with Crippen molar-refractivity contribution in [2.75, 3.05) is 0 Å². The van der Waals surface area contributed by atoms with E-state index >= 15 is 0 Å². The molecule has 72 valence electrons. The first-order valence-corrected chi connectivity index (χ1v) is 5.81. The van der Waals surface area contributed by atoms with Gasteiger partial charge in [-0.25, -0.2) is 0 Å². The maximum atomic E-state index is 10.8. The van der Waals surface area contributed by atoms with Crippen LogP contribution in [0.25, 0.3) is 10.1 Å². The van der Waals surface area contributed by atoms with E-state index in [-0.39, 0.29) is 0 Å². The van der Waals surface area contributed by atoms with Crippen LogP contribution in [0.4, 0.5) is 0 Å². The highest BCUT2D eigenvalue weighted by Gasteiger charge is 2.06. The van der Waals surface area contributed by atoms with E-state index in [0.717, 1.165) is 26.1 Å². The van der Waals surface area contributed by atoms with Gasteiger partial charge in [-0.15, -0.1) is 35.6 Å². The van der Waals surface area contributed by atoms with Gasteiger partial charge in [0.25, 0.3) is 0 Å². The Balaban J connectivity index is 2.77. The third-order valence-corrected chi connectivity index (χ3v) is 3.75. The van der Waals surface area contributed by atoms with Gasteiger partial charge in [-0.2, -0.15) is 0 Å². The second kappa shape index (κ2) is 3.93. The van der Waals surface area contributed by atoms with E-state index in [1.807, 2.05) is 12.1 Å². The Hall–Kier alpha value is -0.510. The van der Waals surface area contributed by atoms with E-state index in [1.54, 1.807) is 17.4 Å². The molecule has 4 heteroatoms. The molecule has 0 saturated carbocycles. The zero-order valence-corrected chi connectivity index (χ0v) is 9.63. The van der Waals surface area contributed by atoms with Crippen LogP contribution >= 0.6 is 35.6 Å². The molecule has 1 aromatic carbocycles. The third-order valence-electron chi connectivity index (χ3n) is 1.96. The molecule has 0 fully saturated rings. The van der Waals surface area contributed by atoms with E-state index in [9.17, 15) is 4.79 Å². The van der Waals surface area contributed by atoms with Gasteiger partial charge in [0.05, 0.1) is 5.88 Å². The number of hydrogen-bond acceptors (Lipinski definition) is 3. The van der Waals surface area contributed by atoms with Crippen LogP contribution in [-0.4, -0.2) is 6.29 Å². The van der Waals surface area contributed by atoms with Gasteiger partial charge in [-0.3, -0.25) is 4.79 Å². The molecular weight excluding hydrogens is 236 g/mol. The molecule has 1 nitrogen and oxygen atoms in total. The number of carbonyl (C=O) groups excluding carboxylic acids is 1. The van der Waals surface area contributed by atoms with Crippen molar-refractivity contribution in [3.05, 3.63) is 28.6 Å². The average Bonchev–Trinajstić information content (AvgIpc) is 2.59. The largest absolute Gasteiger partial charge is 0.298 e. The van der Waals surface area contributed by atoms with Gasteiger partial charge < -0.3 is 0 Å². The van der Waals surface area contributed by atoms with E-state index in [2.05, 4.69) is 12.6 Å². The van der Waals surface area contributed by atoms with E-state index in [1.165, 1.54) is 0 Å². The van der Waals surface area contributed by atoms with Crippen molar-refractivity contribution in [3.63, 3.8) is 0 Å². The van der Waals surface area contributed by atoms with E-state index < -0.39 is 0 Å². The van der Waals surface area contributed by atoms with Gasteiger partial charge in [0.15, 0.2) is 6.29 Å². The summed E-state index contributed by atoms with van der Waals surface area (Å²) in [4.78, 5) is 12.7. The van der Waals surface area contributed by atoms with Gasteiger partial charge >= 0.3 is 0 Å². The Bertz CT molecular complexity index is 490. The van der Waals surface area contributed by atoms with Crippen LogP contribution in [0.5, 0.6) is 0 Å². The topological polar surface area (TPSA) is 17.1 Å². The zero-order valence-electron chi connectivity index (χ0n) is 7.16. The fourth-order valence-electron chi connectivity index (χ4n) is 1.37. The number of thiophene rings is 1. The van der Waals surface area contributed by atoms with Crippen LogP contribution in [-0.2, 0) is 5.88 Å². The Morgan fingerprint density at radius 1 is 1.43 bits per heavy atom. The molecule has 14 heavy (non-hydrogen) atoms. The summed E-state index contributed by atoms with van der Waals surface area (Å²) >= 11 is 11.6. The van der Waals surface area contributed by atoms with Crippen molar-refractivity contribution in [3.8, 4) is 0 Å². The molecule has 0 spiro atoms. The number of halogens is 1. The molecule has 0 aliphatic rings. The Kier molecular flexibility index (Phi) is 2.81. The standard InChI is InChI=1S/C10H7ClOS2/c11-4-8-3-9-6(5-12)1-7(13)2-10(9)14-8/h1-3,5,13H,4H2. The third kappa shape index (κ3) is 1.67. The van der Waals surface area contributed by atoms with Crippen molar-refractivity contribution in [1.82, 2.24) is 0 Å². The van der Waals surface area contributed by atoms with Crippen LogP contribution < -0.4 is 0 Å². The van der Waals surface area contributed by atoms with Crippen LogP contribution in [0.1, 0.15) is 15.2 Å². The van der Waals surface area contributed by atoms with Crippen LogP contribution in [0.15, 0.2) is 23.1 Å². The Labute approximate surface area is 96.1 Å². The average molecular weight is 243 g/mol. The van der Waals surface area contributed by atoms with Crippen molar-refractivity contribution >= 4 is 51.9 Å². The Morgan fingerprint density at radius 2 is 2.21 bits per heavy atom. The van der Waals surface area contributed by atoms with Crippen molar-refractivity contribution in [2.24, 2.45) is 0 Å². The lowest BCUT2D eigenvalue weighted by Crippen LogP contribution is -1.80. The summed E-state index contributed by atoms with van der Waals surface area (Å²) in [5, 5.41) is 0.971. The fraction of sp³-hybridized carbons (Fsp3) is 0.100. The lowest BCUT2D eigenvalue weighted by Gasteiger charge is -1.95. The summed E-state index contributed by atoms with van der Waals surface area (Å²) in [7, 11) is 0. The number of hydrogen-bond donors (Lipinski definition) is 1. The summed E-state index contributed by atoms with van der Waals surface area (Å²) in [6.45, 7) is 0. The lowest BCUT2D eigenvalue weighted by atomic mass is 10.1. The number of aldehydes is 1. The van der Waals surface area contributed by atoms with E-state index in [0.29, 0.717) is 11.4 Å². The summed E-state index contributed by atoms with van der Waals surface area (Å²) in [5.41, 5.74) is 0.681. The highest BCUT2D eigenvalue weighted by atomic mass is 35.5. The molecule has 0 radical (unpaired) electrons. The van der Waals surface area contributed by atoms with Crippen molar-refractivity contribution in [1.29, 1.82) is 0 Å². The zero-order chi connectivity index (χ0) is 10.1. The molecule has 0 atom stereocenters. The first kappa shape index (κ1) is 10.0. The maximum Gasteiger partial charge on any atom is 0.150 e. The number of fused-ring (bicyclic) bond motifs is 1. The van der Waals surface area contributed by atoms with Crippen molar-refractivity contribution < 1.29 is 4.79 Å². The van der Waals surface area contributed by atoms with Gasteiger partial charge in [0.2, 0.25) is 0 Å². The molecule has 2 rings (SSSR count). The minimum Gasteiger partial charge on any atom is -0.298 e. The minimum atomic E-state index is 0.486. The normalized spacial score (nSPS) is 10.7. The quantitative estimate of drug-likeness (QED) is 0.482. The van der Waals surface area contributed by atoms with Gasteiger partial charge in [-0.1, -0.05) is 0 Å². The molecule has 2 aromatic rings. The predicted molar refractivity (Wildman–Crippen MR) is 64.0 cm³/mol. The number of thiol groups is 1. The number of benzene rings is 1. The van der Waals surface area contributed by atoms with Gasteiger partial charge in [0, 0.05) is 25.4 Å². The first-order chi connectivity index (χ1) is 6.74. The van der Waals surface area contributed by atoms with E-state index in [4.69, 9.17) is 11.6 Å². The highest BCUT2D eigenvalue weighted by molar-refractivity contribution is 7.80. The van der Waals surface area contributed by atoms with Crippen molar-refractivity contribution in [2.45, 2.75) is 10.8 Å². The summed E-state index contributed by atoms with van der Waals surface area (Å²) in [5.74, 6) is 0.486. The van der Waals surface area contributed by atoms with Crippen LogP contribution in [0.3, 0.4) is 0 Å². The smallest absolute Gasteiger partial charge is 0.150 e. The second-order valence-electron chi connectivity index (χ2n) is 2.91. The predicted octanol–water partition coefficient (Wildman–Crippen LogP) is 3.74. The molecule has 0 saturated heterocycles.